The molecule has 0 heterocycles. The fraction of sp³-hybridized carbons (Fsp3) is 0.375. The Bertz CT molecular complexity index is 1040. The third kappa shape index (κ3) is 6.15. The molecule has 0 saturated heterocycles. The number of aromatic carboxylic acids is 1. The van der Waals surface area contributed by atoms with Crippen molar-refractivity contribution < 1.29 is 34.5 Å². The van der Waals surface area contributed by atoms with Gasteiger partial charge in [-0.2, -0.15) is 0 Å². The molecule has 9 nitrogen and oxygen atoms in total. The van der Waals surface area contributed by atoms with Crippen LogP contribution >= 0.6 is 0 Å². The number of oxime groups is 1. The topological polar surface area (TPSA) is 129 Å². The van der Waals surface area contributed by atoms with Crippen LogP contribution in [0.4, 0.5) is 10.5 Å². The van der Waals surface area contributed by atoms with Crippen LogP contribution in [0.25, 0.3) is 0 Å². The van der Waals surface area contributed by atoms with Gasteiger partial charge in [0, 0.05) is 18.2 Å². The van der Waals surface area contributed by atoms with Gasteiger partial charge >= 0.3 is 12.1 Å². The summed E-state index contributed by atoms with van der Waals surface area (Å²) in [4.78, 5) is 25.0. The Kier molecular flexibility index (Phi) is 8.28. The lowest BCUT2D eigenvalue weighted by Gasteiger charge is -2.29. The molecule has 0 radical (unpaired) electrons. The normalized spacial score (nSPS) is 11.7. The molecule has 0 aliphatic rings. The highest BCUT2D eigenvalue weighted by Gasteiger charge is 2.26. The molecule has 0 aliphatic heterocycles. The van der Waals surface area contributed by atoms with Gasteiger partial charge in [0.05, 0.1) is 12.3 Å². The number of hydrogen-bond acceptors (Lipinski definition) is 7. The largest absolute Gasteiger partial charge is 0.507 e. The molecule has 0 bridgehead atoms. The van der Waals surface area contributed by atoms with Crippen LogP contribution in [-0.2, 0) is 10.2 Å². The van der Waals surface area contributed by atoms with Crippen LogP contribution in [0.15, 0.2) is 41.6 Å². The van der Waals surface area contributed by atoms with Crippen molar-refractivity contribution >= 4 is 23.5 Å². The predicted molar refractivity (Wildman–Crippen MR) is 124 cm³/mol. The standard InChI is InChI=1S/C24H30N2O7/c1-6-26(23(30)32-7-2)20-11-8-15(12-18(20)24(3,4)5)19(25-31)14-33-16-9-10-17(22(28)29)21(27)13-16/h8-13,27,31H,6-7,14H2,1-5H3,(H,28,29)/b25-19+. The van der Waals surface area contributed by atoms with Gasteiger partial charge in [0.25, 0.3) is 0 Å². The van der Waals surface area contributed by atoms with E-state index in [1.165, 1.54) is 18.2 Å². The van der Waals surface area contributed by atoms with Crippen molar-refractivity contribution in [2.24, 2.45) is 5.16 Å². The lowest BCUT2D eigenvalue weighted by Crippen LogP contribution is -2.33. The SMILES string of the molecule is CCOC(=O)N(CC)c1ccc(/C(COc2ccc(C(=O)O)c(O)c2)=N/O)cc1C(C)(C)C. The number of aromatic hydroxyl groups is 1. The second kappa shape index (κ2) is 10.7. The molecule has 0 fully saturated rings. The van der Waals surface area contributed by atoms with Crippen LogP contribution in [0, 0.1) is 0 Å². The summed E-state index contributed by atoms with van der Waals surface area (Å²) >= 11 is 0. The van der Waals surface area contributed by atoms with E-state index in [4.69, 9.17) is 14.6 Å². The fourth-order valence-electron chi connectivity index (χ4n) is 3.25. The van der Waals surface area contributed by atoms with Crippen LogP contribution in [0.5, 0.6) is 11.5 Å². The summed E-state index contributed by atoms with van der Waals surface area (Å²) < 4.78 is 10.8. The smallest absolute Gasteiger partial charge is 0.414 e. The first kappa shape index (κ1) is 25.5. The van der Waals surface area contributed by atoms with Crippen molar-refractivity contribution in [1.82, 2.24) is 0 Å². The Labute approximate surface area is 192 Å². The first-order valence-electron chi connectivity index (χ1n) is 10.5. The van der Waals surface area contributed by atoms with E-state index in [0.29, 0.717) is 17.8 Å². The number of ether oxygens (including phenoxy) is 2. The molecule has 0 saturated carbocycles. The number of hydrogen-bond donors (Lipinski definition) is 3. The van der Waals surface area contributed by atoms with E-state index >= 15 is 0 Å². The van der Waals surface area contributed by atoms with Gasteiger partial charge in [-0.15, -0.1) is 0 Å². The second-order valence-electron chi connectivity index (χ2n) is 8.24. The monoisotopic (exact) mass is 458 g/mol. The molecule has 33 heavy (non-hydrogen) atoms. The maximum absolute atomic E-state index is 12.4. The van der Waals surface area contributed by atoms with Crippen molar-refractivity contribution in [3.8, 4) is 11.5 Å². The van der Waals surface area contributed by atoms with Crippen molar-refractivity contribution in [3.63, 3.8) is 0 Å². The van der Waals surface area contributed by atoms with E-state index in [1.807, 2.05) is 33.8 Å². The van der Waals surface area contributed by atoms with Crippen LogP contribution in [0.2, 0.25) is 0 Å². The zero-order chi connectivity index (χ0) is 24.8. The summed E-state index contributed by atoms with van der Waals surface area (Å²) in [5.41, 5.74) is 1.75. The molecule has 0 unspecified atom stereocenters. The van der Waals surface area contributed by atoms with E-state index in [9.17, 15) is 19.9 Å². The lowest BCUT2D eigenvalue weighted by atomic mass is 9.84. The predicted octanol–water partition coefficient (Wildman–Crippen LogP) is 4.63. The molecule has 0 spiro atoms. The zero-order valence-corrected chi connectivity index (χ0v) is 19.5. The number of phenols is 1. The van der Waals surface area contributed by atoms with Crippen molar-refractivity contribution in [3.05, 3.63) is 53.1 Å². The molecule has 178 valence electrons. The third-order valence-corrected chi connectivity index (χ3v) is 4.93. The number of carboxylic acids is 1. The minimum absolute atomic E-state index is 0.138. The average molecular weight is 459 g/mol. The van der Waals surface area contributed by atoms with Crippen LogP contribution in [0.3, 0.4) is 0 Å². The number of carbonyl (C=O) groups excluding carboxylic acids is 1. The lowest BCUT2D eigenvalue weighted by molar-refractivity contribution is 0.0693. The summed E-state index contributed by atoms with van der Waals surface area (Å²) in [5, 5.41) is 31.8. The molecule has 2 aromatic rings. The Morgan fingerprint density at radius 3 is 2.30 bits per heavy atom. The Balaban J connectivity index is 2.35. The summed E-state index contributed by atoms with van der Waals surface area (Å²) in [5.74, 6) is -1.47. The molecule has 0 aromatic heterocycles. The molecule has 1 amide bonds. The minimum atomic E-state index is -1.25. The van der Waals surface area contributed by atoms with Gasteiger partial charge in [0.15, 0.2) is 0 Å². The summed E-state index contributed by atoms with van der Waals surface area (Å²) in [6.07, 6.45) is -0.442. The molecular formula is C24H30N2O7. The summed E-state index contributed by atoms with van der Waals surface area (Å²) in [7, 11) is 0. The van der Waals surface area contributed by atoms with E-state index < -0.39 is 17.8 Å². The number of amides is 1. The molecule has 2 aromatic carbocycles. The minimum Gasteiger partial charge on any atom is -0.507 e. The maximum atomic E-state index is 12.4. The van der Waals surface area contributed by atoms with Gasteiger partial charge in [-0.25, -0.2) is 9.59 Å². The quantitative estimate of drug-likeness (QED) is 0.299. The van der Waals surface area contributed by atoms with Gasteiger partial charge in [-0.05, 0) is 49.1 Å². The first-order chi connectivity index (χ1) is 15.5. The molecule has 0 atom stereocenters. The number of carbonyl (C=O) groups is 2. The van der Waals surface area contributed by atoms with Crippen LogP contribution < -0.4 is 9.64 Å². The average Bonchev–Trinajstić information content (AvgIpc) is 2.74. The van der Waals surface area contributed by atoms with Crippen LogP contribution in [0.1, 0.15) is 56.1 Å². The Hall–Kier alpha value is -3.75. The van der Waals surface area contributed by atoms with E-state index in [1.54, 1.807) is 24.0 Å². The summed E-state index contributed by atoms with van der Waals surface area (Å²) in [6.45, 7) is 10.2. The number of carboxylic acid groups (broad SMARTS) is 1. The number of benzene rings is 2. The maximum Gasteiger partial charge on any atom is 0.414 e. The number of nitrogens with zero attached hydrogens (tertiary/aromatic N) is 2. The van der Waals surface area contributed by atoms with Crippen LogP contribution in [-0.4, -0.2) is 53.0 Å². The van der Waals surface area contributed by atoms with Crippen molar-refractivity contribution in [2.75, 3.05) is 24.7 Å². The first-order valence-corrected chi connectivity index (χ1v) is 10.5. The third-order valence-electron chi connectivity index (χ3n) is 4.93. The highest BCUT2D eigenvalue weighted by Crippen LogP contribution is 2.34. The van der Waals surface area contributed by atoms with Crippen molar-refractivity contribution in [1.29, 1.82) is 0 Å². The van der Waals surface area contributed by atoms with E-state index in [-0.39, 0.29) is 35.7 Å². The van der Waals surface area contributed by atoms with Gasteiger partial charge in [-0.3, -0.25) is 4.90 Å². The Morgan fingerprint density at radius 2 is 1.79 bits per heavy atom. The van der Waals surface area contributed by atoms with Gasteiger partial charge < -0.3 is 24.9 Å². The summed E-state index contributed by atoms with van der Waals surface area (Å²) in [6, 6.07) is 9.14. The second-order valence-corrected chi connectivity index (χ2v) is 8.24. The number of rotatable bonds is 8. The number of anilines is 1. The highest BCUT2D eigenvalue weighted by molar-refractivity contribution is 6.02. The molecule has 3 N–H and O–H groups in total. The molecule has 0 aliphatic carbocycles. The molecule has 9 heteroatoms. The van der Waals surface area contributed by atoms with Gasteiger partial charge in [0.2, 0.25) is 0 Å². The van der Waals surface area contributed by atoms with Gasteiger partial charge in [0.1, 0.15) is 29.4 Å². The van der Waals surface area contributed by atoms with Crippen molar-refractivity contribution in [2.45, 2.75) is 40.0 Å². The van der Waals surface area contributed by atoms with E-state index in [2.05, 4.69) is 5.16 Å². The van der Waals surface area contributed by atoms with E-state index in [0.717, 1.165) is 5.56 Å². The fourth-order valence-corrected chi connectivity index (χ4v) is 3.25. The van der Waals surface area contributed by atoms with Gasteiger partial charge in [-0.1, -0.05) is 32.0 Å². The molecule has 2 rings (SSSR count). The highest BCUT2D eigenvalue weighted by atomic mass is 16.6. The Morgan fingerprint density at radius 1 is 1.09 bits per heavy atom. The molecular weight excluding hydrogens is 428 g/mol. The zero-order valence-electron chi connectivity index (χ0n) is 19.5.